The molecule has 0 aliphatic carbocycles. The number of aliphatic hydroxyl groups excluding tert-OH is 3. The molecule has 0 aliphatic heterocycles. The molecule has 0 aromatic carbocycles. The predicted molar refractivity (Wildman–Crippen MR) is 292 cm³/mol. The zero-order chi connectivity index (χ0) is 47.9. The Morgan fingerprint density at radius 3 is 0.727 bits per heavy atom. The number of hydrogen-bond donors (Lipinski definition) is 4. The van der Waals surface area contributed by atoms with Gasteiger partial charge in [0.1, 0.15) is 0 Å². The van der Waals surface area contributed by atoms with Gasteiger partial charge in [0, 0.05) is 0 Å². The minimum Gasteiger partial charge on any atom is -0.394 e. The van der Waals surface area contributed by atoms with Gasteiger partial charge in [0.25, 0.3) is 0 Å². The van der Waals surface area contributed by atoms with Gasteiger partial charge in [0.15, 0.2) is 0 Å². The Bertz CT molecular complexity index is 898. The van der Waals surface area contributed by atoms with Crippen molar-refractivity contribution in [3.05, 3.63) is 0 Å². The number of carbonyl (C=O) groups is 1. The van der Waals surface area contributed by atoms with Gasteiger partial charge in [-0.1, -0.05) is 341 Å². The lowest BCUT2D eigenvalue weighted by molar-refractivity contribution is -0.125. The lowest BCUT2D eigenvalue weighted by atomic mass is 10.0. The second-order valence-corrected chi connectivity index (χ2v) is 21.7. The van der Waals surface area contributed by atoms with Crippen LogP contribution >= 0.6 is 0 Å². The summed E-state index contributed by atoms with van der Waals surface area (Å²) in [5.41, 5.74) is 0. The Hall–Kier alpha value is -0.650. The van der Waals surface area contributed by atoms with Gasteiger partial charge >= 0.3 is 0 Å². The highest BCUT2D eigenvalue weighted by Crippen LogP contribution is 2.19. The standard InChI is InChI=1S/C61H123NO4/c1-3-5-7-9-11-13-15-17-19-21-22-23-24-25-26-27-28-29-30-31-32-33-34-35-36-37-38-39-40-42-44-46-48-50-52-54-58(64)56-61(66)62-59(57-63)60(65)55-53-51-49-47-45-43-41-20-18-16-14-12-10-8-6-4-2/h58-60,63-65H,3-57H2,1-2H3,(H,62,66). The first kappa shape index (κ1) is 65.3. The van der Waals surface area contributed by atoms with Crippen molar-refractivity contribution in [2.75, 3.05) is 6.61 Å². The maximum atomic E-state index is 12.5. The lowest BCUT2D eigenvalue weighted by Crippen LogP contribution is -2.46. The van der Waals surface area contributed by atoms with E-state index in [2.05, 4.69) is 19.2 Å². The van der Waals surface area contributed by atoms with Gasteiger partial charge < -0.3 is 20.6 Å². The van der Waals surface area contributed by atoms with Gasteiger partial charge in [-0.2, -0.15) is 0 Å². The van der Waals surface area contributed by atoms with E-state index in [0.29, 0.717) is 12.8 Å². The van der Waals surface area contributed by atoms with Crippen molar-refractivity contribution >= 4 is 5.91 Å². The molecule has 0 saturated carbocycles. The van der Waals surface area contributed by atoms with E-state index in [9.17, 15) is 20.1 Å². The van der Waals surface area contributed by atoms with E-state index in [0.717, 1.165) is 25.7 Å². The van der Waals surface area contributed by atoms with Crippen molar-refractivity contribution < 1.29 is 20.1 Å². The molecule has 3 atom stereocenters. The minimum atomic E-state index is -0.745. The molecule has 1 amide bonds. The van der Waals surface area contributed by atoms with Crippen LogP contribution in [0, 0.1) is 0 Å². The molecule has 0 saturated heterocycles. The van der Waals surface area contributed by atoms with Crippen molar-refractivity contribution in [1.29, 1.82) is 0 Å². The summed E-state index contributed by atoms with van der Waals surface area (Å²) in [4.78, 5) is 12.5. The Kier molecular flexibility index (Phi) is 56.4. The maximum absolute atomic E-state index is 12.5. The Morgan fingerprint density at radius 2 is 0.515 bits per heavy atom. The van der Waals surface area contributed by atoms with Crippen LogP contribution in [0.5, 0.6) is 0 Å². The highest BCUT2D eigenvalue weighted by Gasteiger charge is 2.21. The van der Waals surface area contributed by atoms with E-state index in [4.69, 9.17) is 0 Å². The third-order valence-corrected chi connectivity index (χ3v) is 14.9. The van der Waals surface area contributed by atoms with Crippen LogP contribution in [0.3, 0.4) is 0 Å². The van der Waals surface area contributed by atoms with Gasteiger partial charge in [0.05, 0.1) is 31.3 Å². The van der Waals surface area contributed by atoms with Crippen molar-refractivity contribution in [2.24, 2.45) is 0 Å². The molecule has 0 spiro atoms. The molecule has 4 N–H and O–H groups in total. The van der Waals surface area contributed by atoms with E-state index in [1.165, 1.54) is 302 Å². The zero-order valence-electron chi connectivity index (χ0n) is 45.4. The van der Waals surface area contributed by atoms with E-state index < -0.39 is 18.2 Å². The minimum absolute atomic E-state index is 0.0436. The van der Waals surface area contributed by atoms with E-state index in [1.54, 1.807) is 0 Å². The van der Waals surface area contributed by atoms with Crippen LogP contribution in [0.25, 0.3) is 0 Å². The summed E-state index contributed by atoms with van der Waals surface area (Å²) in [6, 6.07) is -0.654. The monoisotopic (exact) mass is 934 g/mol. The fourth-order valence-corrected chi connectivity index (χ4v) is 10.2. The summed E-state index contributed by atoms with van der Waals surface area (Å²) in [6.07, 6.45) is 70.1. The quantitative estimate of drug-likeness (QED) is 0.0458. The van der Waals surface area contributed by atoms with Crippen molar-refractivity contribution in [3.8, 4) is 0 Å². The Morgan fingerprint density at radius 1 is 0.318 bits per heavy atom. The van der Waals surface area contributed by atoms with Crippen LogP contribution in [0.15, 0.2) is 0 Å². The first-order valence-corrected chi connectivity index (χ1v) is 30.8. The summed E-state index contributed by atoms with van der Waals surface area (Å²) < 4.78 is 0. The summed E-state index contributed by atoms with van der Waals surface area (Å²) in [7, 11) is 0. The topological polar surface area (TPSA) is 89.8 Å². The molecule has 0 fully saturated rings. The first-order chi connectivity index (χ1) is 32.5. The highest BCUT2D eigenvalue weighted by atomic mass is 16.3. The number of carbonyl (C=O) groups excluding carboxylic acids is 1. The molecule has 5 nitrogen and oxygen atoms in total. The van der Waals surface area contributed by atoms with Crippen molar-refractivity contribution in [1.82, 2.24) is 5.32 Å². The van der Waals surface area contributed by atoms with Crippen LogP contribution in [0.4, 0.5) is 0 Å². The summed E-state index contributed by atoms with van der Waals surface area (Å²) in [6.45, 7) is 4.31. The average molecular weight is 935 g/mol. The van der Waals surface area contributed by atoms with Crippen LogP contribution in [-0.4, -0.2) is 46.1 Å². The summed E-state index contributed by atoms with van der Waals surface area (Å²) >= 11 is 0. The smallest absolute Gasteiger partial charge is 0.222 e. The van der Waals surface area contributed by atoms with Gasteiger partial charge in [-0.05, 0) is 12.8 Å². The summed E-state index contributed by atoms with van der Waals surface area (Å²) in [5.74, 6) is -0.274. The van der Waals surface area contributed by atoms with Gasteiger partial charge in [-0.25, -0.2) is 0 Å². The van der Waals surface area contributed by atoms with E-state index in [1.807, 2.05) is 0 Å². The van der Waals surface area contributed by atoms with Crippen molar-refractivity contribution in [3.63, 3.8) is 0 Å². The molecular formula is C61H123NO4. The average Bonchev–Trinajstić information content (AvgIpc) is 3.31. The van der Waals surface area contributed by atoms with Crippen LogP contribution in [-0.2, 0) is 4.79 Å². The molecule has 0 aromatic heterocycles. The largest absolute Gasteiger partial charge is 0.394 e. The molecule has 5 heteroatoms. The van der Waals surface area contributed by atoms with E-state index >= 15 is 0 Å². The van der Waals surface area contributed by atoms with Gasteiger partial charge in [-0.15, -0.1) is 0 Å². The number of aliphatic hydroxyl groups is 3. The van der Waals surface area contributed by atoms with E-state index in [-0.39, 0.29) is 18.9 Å². The van der Waals surface area contributed by atoms with Gasteiger partial charge in [0.2, 0.25) is 5.91 Å². The van der Waals surface area contributed by atoms with Crippen molar-refractivity contribution in [2.45, 2.75) is 379 Å². The lowest BCUT2D eigenvalue weighted by Gasteiger charge is -2.23. The molecule has 3 unspecified atom stereocenters. The predicted octanol–water partition coefficient (Wildman–Crippen LogP) is 19.3. The van der Waals surface area contributed by atoms with Crippen LogP contribution in [0.1, 0.15) is 361 Å². The molecular weight excluding hydrogens is 811 g/mol. The molecule has 0 rings (SSSR count). The number of amides is 1. The van der Waals surface area contributed by atoms with Crippen LogP contribution < -0.4 is 5.32 Å². The Balaban J connectivity index is 3.40. The number of nitrogens with one attached hydrogen (secondary N) is 1. The van der Waals surface area contributed by atoms with Crippen LogP contribution in [0.2, 0.25) is 0 Å². The highest BCUT2D eigenvalue weighted by molar-refractivity contribution is 5.76. The number of rotatable bonds is 58. The molecule has 0 heterocycles. The fraction of sp³-hybridized carbons (Fsp3) is 0.984. The molecule has 0 aliphatic rings. The van der Waals surface area contributed by atoms with Gasteiger partial charge in [-0.3, -0.25) is 4.79 Å². The zero-order valence-corrected chi connectivity index (χ0v) is 45.4. The Labute approximate surface area is 415 Å². The normalized spacial score (nSPS) is 13.1. The number of hydrogen-bond acceptors (Lipinski definition) is 4. The molecule has 0 bridgehead atoms. The maximum Gasteiger partial charge on any atom is 0.222 e. The summed E-state index contributed by atoms with van der Waals surface area (Å²) in [5, 5.41) is 33.6. The fourth-order valence-electron chi connectivity index (χ4n) is 10.2. The SMILES string of the molecule is CCCCCCCCCCCCCCCCCCCCCCCCCCCCCCCCCCCCCC(O)CC(=O)NC(CO)C(O)CCCCCCCCCCCCCCCCCC. The molecule has 396 valence electrons. The molecule has 0 aromatic rings. The third-order valence-electron chi connectivity index (χ3n) is 14.9. The molecule has 66 heavy (non-hydrogen) atoms. The molecule has 0 radical (unpaired) electrons. The third kappa shape index (κ3) is 52.7. The second kappa shape index (κ2) is 56.9. The second-order valence-electron chi connectivity index (χ2n) is 21.7. The number of unbranched alkanes of at least 4 members (excludes halogenated alkanes) is 49. The first-order valence-electron chi connectivity index (χ1n) is 30.8.